The Labute approximate surface area is 103 Å². The van der Waals surface area contributed by atoms with Gasteiger partial charge in [-0.2, -0.15) is 0 Å². The van der Waals surface area contributed by atoms with Crippen molar-refractivity contribution in [1.29, 1.82) is 0 Å². The first-order valence-electron chi connectivity index (χ1n) is 6.40. The lowest BCUT2D eigenvalue weighted by atomic mass is 9.87. The predicted octanol–water partition coefficient (Wildman–Crippen LogP) is 0.886. The third kappa shape index (κ3) is 2.69. The van der Waals surface area contributed by atoms with Crippen LogP contribution in [0.2, 0.25) is 0 Å². The van der Waals surface area contributed by atoms with Crippen LogP contribution in [0.1, 0.15) is 19.8 Å². The summed E-state index contributed by atoms with van der Waals surface area (Å²) >= 11 is 0. The molecule has 0 N–H and O–H groups in total. The van der Waals surface area contributed by atoms with Crippen molar-refractivity contribution in [2.45, 2.75) is 25.3 Å². The van der Waals surface area contributed by atoms with Crippen LogP contribution in [0.25, 0.3) is 0 Å². The van der Waals surface area contributed by atoms with E-state index in [9.17, 15) is 4.79 Å². The Morgan fingerprint density at radius 1 is 1.24 bits per heavy atom. The minimum absolute atomic E-state index is 0.0639. The summed E-state index contributed by atoms with van der Waals surface area (Å²) in [4.78, 5) is 15.9. The minimum Gasteiger partial charge on any atom is -0.379 e. The Morgan fingerprint density at radius 3 is 2.35 bits per heavy atom. The molecule has 0 aromatic heterocycles. The molecule has 0 radical (unpaired) electrons. The highest BCUT2D eigenvalue weighted by molar-refractivity contribution is 5.87. The second kappa shape index (κ2) is 5.19. The van der Waals surface area contributed by atoms with Gasteiger partial charge in [0.15, 0.2) is 0 Å². The SMILES string of the molecule is C=CC(=O)N1CCC(C)(N2CCOCC2)CC1. The monoisotopic (exact) mass is 238 g/mol. The molecule has 0 saturated carbocycles. The molecule has 2 rings (SSSR count). The number of rotatable bonds is 2. The van der Waals surface area contributed by atoms with E-state index in [2.05, 4.69) is 18.4 Å². The molecule has 0 aliphatic carbocycles. The highest BCUT2D eigenvalue weighted by atomic mass is 16.5. The van der Waals surface area contributed by atoms with Gasteiger partial charge in [-0.3, -0.25) is 9.69 Å². The van der Waals surface area contributed by atoms with Crippen molar-refractivity contribution in [3.05, 3.63) is 12.7 Å². The van der Waals surface area contributed by atoms with Crippen molar-refractivity contribution in [3.8, 4) is 0 Å². The number of carbonyl (C=O) groups excluding carboxylic acids is 1. The third-order valence-corrected chi connectivity index (χ3v) is 4.10. The highest BCUT2D eigenvalue weighted by Crippen LogP contribution is 2.29. The Morgan fingerprint density at radius 2 is 1.82 bits per heavy atom. The second-order valence-corrected chi connectivity index (χ2v) is 5.13. The van der Waals surface area contributed by atoms with E-state index in [0.29, 0.717) is 0 Å². The summed E-state index contributed by atoms with van der Waals surface area (Å²) in [5.41, 5.74) is 0.238. The highest BCUT2D eigenvalue weighted by Gasteiger charge is 2.36. The molecule has 0 unspecified atom stereocenters. The number of amides is 1. The van der Waals surface area contributed by atoms with Crippen LogP contribution < -0.4 is 0 Å². The van der Waals surface area contributed by atoms with E-state index in [-0.39, 0.29) is 11.4 Å². The van der Waals surface area contributed by atoms with Crippen LogP contribution in [0.3, 0.4) is 0 Å². The lowest BCUT2D eigenvalue weighted by molar-refractivity contribution is -0.129. The quantitative estimate of drug-likeness (QED) is 0.670. The van der Waals surface area contributed by atoms with Gasteiger partial charge >= 0.3 is 0 Å². The van der Waals surface area contributed by atoms with E-state index >= 15 is 0 Å². The predicted molar refractivity (Wildman–Crippen MR) is 66.8 cm³/mol. The van der Waals surface area contributed by atoms with E-state index in [0.717, 1.165) is 52.2 Å². The van der Waals surface area contributed by atoms with Crippen LogP contribution in [0.5, 0.6) is 0 Å². The molecule has 4 heteroatoms. The number of likely N-dealkylation sites (tertiary alicyclic amines) is 1. The van der Waals surface area contributed by atoms with Gasteiger partial charge in [-0.25, -0.2) is 0 Å². The molecule has 2 aliphatic heterocycles. The molecule has 0 aromatic carbocycles. The maximum atomic E-state index is 11.5. The van der Waals surface area contributed by atoms with Crippen LogP contribution in [-0.4, -0.2) is 60.6 Å². The molecule has 2 fully saturated rings. The van der Waals surface area contributed by atoms with E-state index in [1.165, 1.54) is 6.08 Å². The van der Waals surface area contributed by atoms with Crippen LogP contribution in [0, 0.1) is 0 Å². The molecule has 2 heterocycles. The van der Waals surface area contributed by atoms with Crippen molar-refractivity contribution in [1.82, 2.24) is 9.80 Å². The molecule has 96 valence electrons. The van der Waals surface area contributed by atoms with Gasteiger partial charge in [-0.15, -0.1) is 0 Å². The van der Waals surface area contributed by atoms with Crippen molar-refractivity contribution in [2.24, 2.45) is 0 Å². The van der Waals surface area contributed by atoms with Gasteiger partial charge < -0.3 is 9.64 Å². The molecule has 4 nitrogen and oxygen atoms in total. The van der Waals surface area contributed by atoms with Crippen LogP contribution >= 0.6 is 0 Å². The number of hydrogen-bond acceptors (Lipinski definition) is 3. The van der Waals surface area contributed by atoms with Gasteiger partial charge in [0.2, 0.25) is 5.91 Å². The lowest BCUT2D eigenvalue weighted by Crippen LogP contribution is -2.57. The minimum atomic E-state index is 0.0639. The zero-order chi connectivity index (χ0) is 12.3. The van der Waals surface area contributed by atoms with Crippen molar-refractivity contribution >= 4 is 5.91 Å². The van der Waals surface area contributed by atoms with E-state index < -0.39 is 0 Å². The summed E-state index contributed by atoms with van der Waals surface area (Å²) in [5.74, 6) is 0.0639. The van der Waals surface area contributed by atoms with Crippen molar-refractivity contribution in [3.63, 3.8) is 0 Å². The molecule has 0 atom stereocenters. The molecular formula is C13H22N2O2. The number of carbonyl (C=O) groups is 1. The van der Waals surface area contributed by atoms with Gasteiger partial charge in [-0.05, 0) is 25.8 Å². The Bertz CT molecular complexity index is 290. The molecule has 1 amide bonds. The number of hydrogen-bond donors (Lipinski definition) is 0. The first kappa shape index (κ1) is 12.6. The van der Waals surface area contributed by atoms with E-state index in [4.69, 9.17) is 4.74 Å². The smallest absolute Gasteiger partial charge is 0.245 e. The largest absolute Gasteiger partial charge is 0.379 e. The number of piperidine rings is 1. The summed E-state index contributed by atoms with van der Waals surface area (Å²) in [6.45, 7) is 11.3. The standard InChI is InChI=1S/C13H22N2O2/c1-3-12(16)14-6-4-13(2,5-7-14)15-8-10-17-11-9-15/h3H,1,4-11H2,2H3. The Hall–Kier alpha value is -0.870. The number of ether oxygens (including phenoxy) is 1. The molecule has 17 heavy (non-hydrogen) atoms. The lowest BCUT2D eigenvalue weighted by Gasteiger charge is -2.48. The van der Waals surface area contributed by atoms with Crippen LogP contribution in [-0.2, 0) is 9.53 Å². The number of nitrogens with zero attached hydrogens (tertiary/aromatic N) is 2. The summed E-state index contributed by atoms with van der Waals surface area (Å²) in [5, 5.41) is 0. The summed E-state index contributed by atoms with van der Waals surface area (Å²) in [7, 11) is 0. The van der Waals surface area contributed by atoms with E-state index in [1.54, 1.807) is 0 Å². The van der Waals surface area contributed by atoms with Gasteiger partial charge in [-0.1, -0.05) is 6.58 Å². The van der Waals surface area contributed by atoms with Gasteiger partial charge in [0.1, 0.15) is 0 Å². The molecule has 2 saturated heterocycles. The fourth-order valence-electron chi connectivity index (χ4n) is 2.76. The first-order chi connectivity index (χ1) is 8.15. The van der Waals surface area contributed by atoms with Crippen LogP contribution in [0.15, 0.2) is 12.7 Å². The van der Waals surface area contributed by atoms with Crippen molar-refractivity contribution < 1.29 is 9.53 Å². The fourth-order valence-corrected chi connectivity index (χ4v) is 2.76. The number of morpholine rings is 1. The van der Waals surface area contributed by atoms with E-state index in [1.807, 2.05) is 4.90 Å². The fraction of sp³-hybridized carbons (Fsp3) is 0.769. The molecule has 0 aromatic rings. The molecule has 2 aliphatic rings. The van der Waals surface area contributed by atoms with Crippen LogP contribution in [0.4, 0.5) is 0 Å². The Balaban J connectivity index is 1.91. The van der Waals surface area contributed by atoms with Gasteiger partial charge in [0, 0.05) is 31.7 Å². The topological polar surface area (TPSA) is 32.8 Å². The third-order valence-electron chi connectivity index (χ3n) is 4.10. The zero-order valence-electron chi connectivity index (χ0n) is 10.7. The van der Waals surface area contributed by atoms with Gasteiger partial charge in [0.05, 0.1) is 13.2 Å². The average molecular weight is 238 g/mol. The molecule has 0 bridgehead atoms. The summed E-state index contributed by atoms with van der Waals surface area (Å²) in [6, 6.07) is 0. The van der Waals surface area contributed by atoms with Crippen molar-refractivity contribution in [2.75, 3.05) is 39.4 Å². The first-order valence-corrected chi connectivity index (χ1v) is 6.40. The van der Waals surface area contributed by atoms with Gasteiger partial charge in [0.25, 0.3) is 0 Å². The summed E-state index contributed by atoms with van der Waals surface area (Å²) < 4.78 is 5.39. The Kier molecular flexibility index (Phi) is 3.84. The zero-order valence-corrected chi connectivity index (χ0v) is 10.7. The maximum absolute atomic E-state index is 11.5. The molecule has 0 spiro atoms. The normalized spacial score (nSPS) is 25.6. The average Bonchev–Trinajstić information content (AvgIpc) is 2.40. The second-order valence-electron chi connectivity index (χ2n) is 5.13. The maximum Gasteiger partial charge on any atom is 0.245 e. The molecular weight excluding hydrogens is 216 g/mol. The summed E-state index contributed by atoms with van der Waals surface area (Å²) in [6.07, 6.45) is 3.51.